The Hall–Kier alpha value is -3.84. The van der Waals surface area contributed by atoms with E-state index in [-0.39, 0.29) is 12.6 Å². The van der Waals surface area contributed by atoms with E-state index in [2.05, 4.69) is 20.3 Å². The highest BCUT2D eigenvalue weighted by Crippen LogP contribution is 2.44. The maximum atomic E-state index is 11.7. The first kappa shape index (κ1) is 22.0. The number of carbonyl (C=O) groups is 1. The van der Waals surface area contributed by atoms with E-state index in [1.165, 1.54) is 31.3 Å². The van der Waals surface area contributed by atoms with Gasteiger partial charge >= 0.3 is 0 Å². The van der Waals surface area contributed by atoms with Gasteiger partial charge in [0.2, 0.25) is 18.6 Å². The van der Waals surface area contributed by atoms with Crippen LogP contribution in [0.4, 0.5) is 5.82 Å². The number of anilines is 1. The van der Waals surface area contributed by atoms with Crippen molar-refractivity contribution < 1.29 is 23.8 Å². The van der Waals surface area contributed by atoms with Gasteiger partial charge in [-0.1, -0.05) is 11.8 Å². The lowest BCUT2D eigenvalue weighted by molar-refractivity contribution is -0.128. The summed E-state index contributed by atoms with van der Waals surface area (Å²) in [7, 11) is 0. The number of nitrogens with one attached hydrogen (secondary N) is 1. The third kappa shape index (κ3) is 4.22. The predicted molar refractivity (Wildman–Crippen MR) is 121 cm³/mol. The van der Waals surface area contributed by atoms with Gasteiger partial charge in [-0.15, -0.1) is 0 Å². The number of imidazole rings is 1. The minimum atomic E-state index is -1.06. The number of ether oxygens (including phenoxy) is 2. The largest absolute Gasteiger partial charge is 0.454 e. The number of nitrogens with two attached hydrogens (primary N) is 1. The number of nitrogen functional groups attached to an aromatic ring is 1. The monoisotopic (exact) mass is 483 g/mol. The third-order valence-corrected chi connectivity index (χ3v) is 6.15. The van der Waals surface area contributed by atoms with Crippen LogP contribution in [0.25, 0.3) is 22.6 Å². The Morgan fingerprint density at radius 2 is 2.12 bits per heavy atom. The fourth-order valence-corrected chi connectivity index (χ4v) is 4.48. The number of aliphatic hydroxyl groups excluding tert-OH is 1. The summed E-state index contributed by atoms with van der Waals surface area (Å²) in [5.74, 6) is 1.50. The maximum Gasteiger partial charge on any atom is 0.248 e. The molecule has 4 aromatic rings. The summed E-state index contributed by atoms with van der Waals surface area (Å²) >= 11 is 1.37. The summed E-state index contributed by atoms with van der Waals surface area (Å²) < 4.78 is 18.5. The van der Waals surface area contributed by atoms with Gasteiger partial charge in [-0.05, 0) is 25.5 Å². The van der Waals surface area contributed by atoms with Gasteiger partial charge in [0, 0.05) is 18.0 Å². The standard InChI is InChI=1S/C21H21N7O5S/c1-11(29)19(30)23-3-2-5-28-18-16(17(22)25-9-26-18)27-21(28)34-15-8-14-13(32-10-33-14)7-12(15)20-24-4-6-31-20/h4,6-9,11,29H,2-3,5,10H2,1H3,(H,23,30)(H2,22,25,26). The number of amides is 1. The number of aromatic nitrogens is 5. The van der Waals surface area contributed by atoms with Gasteiger partial charge in [0.25, 0.3) is 0 Å². The highest BCUT2D eigenvalue weighted by Gasteiger charge is 2.23. The minimum Gasteiger partial charge on any atom is -0.454 e. The first-order chi connectivity index (χ1) is 16.5. The van der Waals surface area contributed by atoms with Gasteiger partial charge < -0.3 is 34.6 Å². The number of nitrogens with zero attached hydrogens (tertiary/aromatic N) is 5. The van der Waals surface area contributed by atoms with Crippen LogP contribution in [0.1, 0.15) is 13.3 Å². The lowest BCUT2D eigenvalue weighted by atomic mass is 10.2. The van der Waals surface area contributed by atoms with Crippen LogP contribution in [0.5, 0.6) is 11.5 Å². The number of aliphatic hydroxyl groups is 1. The number of carbonyl (C=O) groups excluding carboxylic acids is 1. The number of rotatable bonds is 8. The van der Waals surface area contributed by atoms with Crippen LogP contribution in [0.3, 0.4) is 0 Å². The lowest BCUT2D eigenvalue weighted by Gasteiger charge is -2.11. The molecule has 0 aliphatic carbocycles. The van der Waals surface area contributed by atoms with Gasteiger partial charge in [0.1, 0.15) is 18.7 Å². The van der Waals surface area contributed by atoms with Gasteiger partial charge in [-0.3, -0.25) is 4.79 Å². The molecule has 4 heterocycles. The van der Waals surface area contributed by atoms with E-state index in [1.807, 2.05) is 16.7 Å². The number of benzene rings is 1. The molecule has 3 aromatic heterocycles. The summed E-state index contributed by atoms with van der Waals surface area (Å²) in [6, 6.07) is 3.68. The summed E-state index contributed by atoms with van der Waals surface area (Å²) in [6.45, 7) is 2.43. The molecular weight excluding hydrogens is 462 g/mol. The van der Waals surface area contributed by atoms with Crippen LogP contribution in [0, 0.1) is 0 Å². The molecule has 12 nitrogen and oxygen atoms in total. The Morgan fingerprint density at radius 3 is 2.88 bits per heavy atom. The first-order valence-electron chi connectivity index (χ1n) is 10.4. The average molecular weight is 484 g/mol. The molecule has 0 spiro atoms. The molecule has 0 fully saturated rings. The van der Waals surface area contributed by atoms with E-state index in [0.29, 0.717) is 53.2 Å². The Bertz CT molecular complexity index is 1340. The van der Waals surface area contributed by atoms with E-state index in [9.17, 15) is 9.90 Å². The van der Waals surface area contributed by atoms with Gasteiger partial charge in [-0.2, -0.15) is 0 Å². The second kappa shape index (κ2) is 9.19. The zero-order valence-corrected chi connectivity index (χ0v) is 18.9. The van der Waals surface area contributed by atoms with Gasteiger partial charge in [0.05, 0.1) is 11.8 Å². The minimum absolute atomic E-state index is 0.136. The van der Waals surface area contributed by atoms with Crippen LogP contribution in [0.2, 0.25) is 0 Å². The molecule has 34 heavy (non-hydrogen) atoms. The molecule has 0 saturated carbocycles. The predicted octanol–water partition coefficient (Wildman–Crippen LogP) is 1.83. The topological polar surface area (TPSA) is 163 Å². The third-order valence-electron chi connectivity index (χ3n) is 5.10. The molecule has 13 heteroatoms. The SMILES string of the molecule is CC(O)C(=O)NCCCn1c(Sc2cc3c(cc2-c2ncco2)OCO3)nc2c(N)ncnc21. The van der Waals surface area contributed by atoms with E-state index in [4.69, 9.17) is 24.6 Å². The van der Waals surface area contributed by atoms with Crippen LogP contribution in [-0.2, 0) is 11.3 Å². The Balaban J connectivity index is 1.49. The van der Waals surface area contributed by atoms with Gasteiger partial charge in [0.15, 0.2) is 33.6 Å². The van der Waals surface area contributed by atoms with Crippen LogP contribution < -0.4 is 20.5 Å². The number of aryl methyl sites for hydroxylation is 1. The molecule has 1 aliphatic rings. The summed E-state index contributed by atoms with van der Waals surface area (Å²) in [5, 5.41) is 12.7. The fourth-order valence-electron chi connectivity index (χ4n) is 3.44. The first-order valence-corrected chi connectivity index (χ1v) is 11.3. The van der Waals surface area contributed by atoms with Crippen molar-refractivity contribution in [2.24, 2.45) is 0 Å². The highest BCUT2D eigenvalue weighted by atomic mass is 32.2. The number of fused-ring (bicyclic) bond motifs is 2. The highest BCUT2D eigenvalue weighted by molar-refractivity contribution is 7.99. The Morgan fingerprint density at radius 1 is 1.29 bits per heavy atom. The Kier molecular flexibility index (Phi) is 5.94. The van der Waals surface area contributed by atoms with Crippen molar-refractivity contribution in [3.63, 3.8) is 0 Å². The van der Waals surface area contributed by atoms with Gasteiger partial charge in [-0.25, -0.2) is 19.9 Å². The van der Waals surface area contributed by atoms with E-state index < -0.39 is 12.0 Å². The van der Waals surface area contributed by atoms with E-state index in [1.54, 1.807) is 6.20 Å². The molecule has 1 amide bonds. The van der Waals surface area contributed by atoms with Crippen molar-refractivity contribution in [1.29, 1.82) is 0 Å². The second-order valence-corrected chi connectivity index (χ2v) is 8.45. The average Bonchev–Trinajstić information content (AvgIpc) is 3.57. The molecule has 176 valence electrons. The second-order valence-electron chi connectivity index (χ2n) is 7.44. The molecule has 5 rings (SSSR count). The van der Waals surface area contributed by atoms with Crippen molar-refractivity contribution in [3.8, 4) is 23.0 Å². The van der Waals surface area contributed by atoms with Crippen LogP contribution in [0.15, 0.2) is 45.4 Å². The molecule has 0 saturated heterocycles. The lowest BCUT2D eigenvalue weighted by Crippen LogP contribution is -2.33. The molecular formula is C21H21N7O5S. The fraction of sp³-hybridized carbons (Fsp3) is 0.286. The summed E-state index contributed by atoms with van der Waals surface area (Å²) in [4.78, 5) is 29.8. The smallest absolute Gasteiger partial charge is 0.248 e. The van der Waals surface area contributed by atoms with Crippen molar-refractivity contribution >= 4 is 34.7 Å². The van der Waals surface area contributed by atoms with Crippen molar-refractivity contribution in [2.45, 2.75) is 36.0 Å². The maximum absolute atomic E-state index is 11.7. The molecule has 4 N–H and O–H groups in total. The molecule has 1 aliphatic heterocycles. The molecule has 0 radical (unpaired) electrons. The quantitative estimate of drug-likeness (QED) is 0.313. The normalized spacial score (nSPS) is 13.4. The molecule has 0 bridgehead atoms. The summed E-state index contributed by atoms with van der Waals surface area (Å²) in [6.07, 6.45) is 3.98. The van der Waals surface area contributed by atoms with Crippen molar-refractivity contribution in [3.05, 3.63) is 30.9 Å². The molecule has 1 unspecified atom stereocenters. The van der Waals surface area contributed by atoms with Crippen molar-refractivity contribution in [2.75, 3.05) is 19.1 Å². The van der Waals surface area contributed by atoms with Crippen LogP contribution in [-0.4, -0.2) is 55.0 Å². The molecule has 1 atom stereocenters. The number of hydrogen-bond donors (Lipinski definition) is 3. The Labute approximate surface area is 197 Å². The van der Waals surface area contributed by atoms with Crippen LogP contribution >= 0.6 is 11.8 Å². The van der Waals surface area contributed by atoms with E-state index in [0.717, 1.165) is 10.5 Å². The number of hydrogen-bond acceptors (Lipinski definition) is 11. The zero-order chi connectivity index (χ0) is 23.7. The number of oxazole rings is 1. The van der Waals surface area contributed by atoms with E-state index >= 15 is 0 Å². The zero-order valence-electron chi connectivity index (χ0n) is 18.1. The summed E-state index contributed by atoms with van der Waals surface area (Å²) in [5.41, 5.74) is 7.84. The van der Waals surface area contributed by atoms with Crippen molar-refractivity contribution in [1.82, 2.24) is 29.8 Å². The molecule has 1 aromatic carbocycles.